The lowest BCUT2D eigenvalue weighted by Gasteiger charge is -2.11. The van der Waals surface area contributed by atoms with Gasteiger partial charge in [-0.3, -0.25) is 0 Å². The zero-order chi connectivity index (χ0) is 13.4. The Bertz CT molecular complexity index is 648. The van der Waals surface area contributed by atoms with Gasteiger partial charge in [-0.1, -0.05) is 24.0 Å². The van der Waals surface area contributed by atoms with Crippen LogP contribution in [0.25, 0.3) is 10.2 Å². The van der Waals surface area contributed by atoms with Crippen LogP contribution < -0.4 is 5.73 Å². The molecule has 0 radical (unpaired) electrons. The Morgan fingerprint density at radius 3 is 2.95 bits per heavy atom. The molecule has 0 aromatic carbocycles. The number of aryl methyl sites for hydroxylation is 3. The quantitative estimate of drug-likeness (QED) is 0.536. The molecule has 0 spiro atoms. The molecule has 0 saturated carbocycles. The molecule has 0 fully saturated rings. The molecule has 2 N–H and O–H groups in total. The summed E-state index contributed by atoms with van der Waals surface area (Å²) >= 11 is 8.44. The fraction of sp³-hybridized carbons (Fsp3) is 0.462. The van der Waals surface area contributed by atoms with Crippen LogP contribution in [0.15, 0.2) is 5.03 Å². The van der Waals surface area contributed by atoms with E-state index in [-0.39, 0.29) is 0 Å². The molecule has 2 aromatic heterocycles. The Kier molecular flexibility index (Phi) is 3.73. The average Bonchev–Trinajstić information content (AvgIpc) is 2.73. The number of nitrogens with zero attached hydrogens (tertiary/aromatic N) is 2. The topological polar surface area (TPSA) is 51.8 Å². The summed E-state index contributed by atoms with van der Waals surface area (Å²) in [5, 5.41) is 2.31. The van der Waals surface area contributed by atoms with Crippen molar-refractivity contribution in [2.45, 2.75) is 37.6 Å². The van der Waals surface area contributed by atoms with Crippen molar-refractivity contribution in [2.75, 3.05) is 5.75 Å². The average molecular weight is 309 g/mol. The standard InChI is InChI=1S/C13H15N3S3/c1-7-15-12(18-6-10(14)17)11-8-4-2-3-5-9(8)19-13(11)16-7/h2-6H2,1H3,(H2,14,17). The molecule has 0 atom stereocenters. The van der Waals surface area contributed by atoms with Crippen LogP contribution in [0.4, 0.5) is 0 Å². The van der Waals surface area contributed by atoms with E-state index in [1.807, 2.05) is 18.3 Å². The highest BCUT2D eigenvalue weighted by atomic mass is 32.2. The van der Waals surface area contributed by atoms with Gasteiger partial charge in [0.25, 0.3) is 0 Å². The molecule has 0 bridgehead atoms. The minimum Gasteiger partial charge on any atom is -0.393 e. The first-order valence-corrected chi connectivity index (χ1v) is 8.56. The summed E-state index contributed by atoms with van der Waals surface area (Å²) in [6.45, 7) is 1.95. The number of aromatic nitrogens is 2. The molecule has 2 aromatic rings. The number of rotatable bonds is 3. The largest absolute Gasteiger partial charge is 0.393 e. The van der Waals surface area contributed by atoms with Crippen molar-refractivity contribution in [2.24, 2.45) is 5.73 Å². The van der Waals surface area contributed by atoms with Crippen molar-refractivity contribution >= 4 is 50.5 Å². The van der Waals surface area contributed by atoms with E-state index in [4.69, 9.17) is 18.0 Å². The molecule has 0 saturated heterocycles. The first-order valence-electron chi connectivity index (χ1n) is 6.35. The molecule has 1 aliphatic carbocycles. The second kappa shape index (κ2) is 5.34. The molecular formula is C13H15N3S3. The molecule has 0 amide bonds. The second-order valence-corrected chi connectivity index (χ2v) is 7.29. The lowest BCUT2D eigenvalue weighted by molar-refractivity contribution is 0.699. The molecule has 100 valence electrons. The number of hydrogen-bond donors (Lipinski definition) is 1. The van der Waals surface area contributed by atoms with Crippen molar-refractivity contribution in [1.82, 2.24) is 9.97 Å². The van der Waals surface area contributed by atoms with Gasteiger partial charge in [0.2, 0.25) is 0 Å². The maximum absolute atomic E-state index is 5.61. The van der Waals surface area contributed by atoms with Gasteiger partial charge >= 0.3 is 0 Å². The Hall–Kier alpha value is -0.720. The summed E-state index contributed by atoms with van der Waals surface area (Å²) in [6, 6.07) is 0. The van der Waals surface area contributed by atoms with Crippen LogP contribution in [0.5, 0.6) is 0 Å². The van der Waals surface area contributed by atoms with E-state index >= 15 is 0 Å². The highest BCUT2D eigenvalue weighted by Crippen LogP contribution is 2.39. The fourth-order valence-electron chi connectivity index (χ4n) is 2.47. The number of fused-ring (bicyclic) bond motifs is 3. The fourth-order valence-corrected chi connectivity index (χ4v) is 4.86. The Labute approximate surface area is 126 Å². The number of nitrogens with two attached hydrogens (primary N) is 1. The van der Waals surface area contributed by atoms with Crippen molar-refractivity contribution < 1.29 is 0 Å². The minimum atomic E-state index is 0.526. The van der Waals surface area contributed by atoms with Gasteiger partial charge in [-0.05, 0) is 38.2 Å². The van der Waals surface area contributed by atoms with Gasteiger partial charge in [0, 0.05) is 16.0 Å². The Morgan fingerprint density at radius 2 is 2.16 bits per heavy atom. The van der Waals surface area contributed by atoms with Gasteiger partial charge in [-0.25, -0.2) is 9.97 Å². The molecule has 6 heteroatoms. The molecule has 3 rings (SSSR count). The first-order chi connectivity index (χ1) is 9.15. The van der Waals surface area contributed by atoms with E-state index in [2.05, 4.69) is 9.97 Å². The number of thiophene rings is 1. The van der Waals surface area contributed by atoms with Gasteiger partial charge in [0.05, 0.1) is 4.99 Å². The summed E-state index contributed by atoms with van der Waals surface area (Å²) < 4.78 is 0. The Morgan fingerprint density at radius 1 is 1.37 bits per heavy atom. The summed E-state index contributed by atoms with van der Waals surface area (Å²) in [5.74, 6) is 1.47. The Balaban J connectivity index is 2.13. The van der Waals surface area contributed by atoms with Crippen LogP contribution in [0.2, 0.25) is 0 Å². The highest BCUT2D eigenvalue weighted by Gasteiger charge is 2.20. The van der Waals surface area contributed by atoms with E-state index < -0.39 is 0 Å². The molecule has 2 heterocycles. The molecule has 3 nitrogen and oxygen atoms in total. The van der Waals surface area contributed by atoms with Gasteiger partial charge in [0.15, 0.2) is 0 Å². The highest BCUT2D eigenvalue weighted by molar-refractivity contribution is 8.01. The van der Waals surface area contributed by atoms with E-state index in [1.165, 1.54) is 35.1 Å². The number of thiocarbonyl (C=S) groups is 1. The summed E-state index contributed by atoms with van der Waals surface area (Å²) in [4.78, 5) is 12.3. The van der Waals surface area contributed by atoms with Crippen LogP contribution in [-0.2, 0) is 12.8 Å². The molecular weight excluding hydrogens is 294 g/mol. The minimum absolute atomic E-state index is 0.526. The number of thioether (sulfide) groups is 1. The van der Waals surface area contributed by atoms with Crippen molar-refractivity contribution in [3.8, 4) is 0 Å². The lowest BCUT2D eigenvalue weighted by atomic mass is 9.97. The maximum atomic E-state index is 5.61. The van der Waals surface area contributed by atoms with E-state index in [1.54, 1.807) is 11.8 Å². The molecule has 1 aliphatic rings. The van der Waals surface area contributed by atoms with Gasteiger partial charge in [0.1, 0.15) is 15.7 Å². The third-order valence-corrected chi connectivity index (χ3v) is 5.78. The normalized spacial score (nSPS) is 14.6. The van der Waals surface area contributed by atoms with Crippen LogP contribution in [-0.4, -0.2) is 20.7 Å². The monoisotopic (exact) mass is 309 g/mol. The van der Waals surface area contributed by atoms with Crippen molar-refractivity contribution in [3.63, 3.8) is 0 Å². The second-order valence-electron chi connectivity index (χ2n) is 4.72. The van der Waals surface area contributed by atoms with Crippen molar-refractivity contribution in [1.29, 1.82) is 0 Å². The predicted molar refractivity (Wildman–Crippen MR) is 86.3 cm³/mol. The van der Waals surface area contributed by atoms with Crippen LogP contribution in [0.1, 0.15) is 29.1 Å². The third kappa shape index (κ3) is 2.61. The number of hydrogen-bond acceptors (Lipinski definition) is 5. The maximum Gasteiger partial charge on any atom is 0.128 e. The molecule has 0 unspecified atom stereocenters. The zero-order valence-corrected chi connectivity index (χ0v) is 13.2. The van der Waals surface area contributed by atoms with E-state index in [0.717, 1.165) is 22.1 Å². The van der Waals surface area contributed by atoms with Gasteiger partial charge in [-0.2, -0.15) is 0 Å². The smallest absolute Gasteiger partial charge is 0.128 e. The summed E-state index contributed by atoms with van der Waals surface area (Å²) in [5.41, 5.74) is 7.07. The zero-order valence-electron chi connectivity index (χ0n) is 10.7. The van der Waals surface area contributed by atoms with Crippen LogP contribution in [0, 0.1) is 6.92 Å². The molecule has 0 aliphatic heterocycles. The first kappa shape index (κ1) is 13.3. The van der Waals surface area contributed by atoms with Gasteiger partial charge in [-0.15, -0.1) is 11.3 Å². The van der Waals surface area contributed by atoms with Crippen molar-refractivity contribution in [3.05, 3.63) is 16.3 Å². The summed E-state index contributed by atoms with van der Waals surface area (Å²) in [6.07, 6.45) is 4.91. The third-order valence-electron chi connectivity index (χ3n) is 3.24. The van der Waals surface area contributed by atoms with Crippen LogP contribution in [0.3, 0.4) is 0 Å². The SMILES string of the molecule is Cc1nc(SCC(N)=S)c2c3c(sc2n1)CCCC3. The predicted octanol–water partition coefficient (Wildman–Crippen LogP) is 3.26. The van der Waals surface area contributed by atoms with E-state index in [9.17, 15) is 0 Å². The lowest BCUT2D eigenvalue weighted by Crippen LogP contribution is -2.10. The van der Waals surface area contributed by atoms with E-state index in [0.29, 0.717) is 10.7 Å². The molecule has 19 heavy (non-hydrogen) atoms. The van der Waals surface area contributed by atoms with Gasteiger partial charge < -0.3 is 5.73 Å². The van der Waals surface area contributed by atoms with Crippen LogP contribution >= 0.6 is 35.3 Å². The summed E-state index contributed by atoms with van der Waals surface area (Å²) in [7, 11) is 0.